The first-order valence-electron chi connectivity index (χ1n) is 3.38. The smallest absolute Gasteiger partial charge is 0.141 e. The van der Waals surface area contributed by atoms with Gasteiger partial charge in [0, 0.05) is 13.3 Å². The zero-order chi connectivity index (χ0) is 9.14. The van der Waals surface area contributed by atoms with Gasteiger partial charge in [0.25, 0.3) is 0 Å². The Balaban J connectivity index is 2.89. The summed E-state index contributed by atoms with van der Waals surface area (Å²) >= 11 is 5.49. The number of hydrogen-bond acceptors (Lipinski definition) is 1. The van der Waals surface area contributed by atoms with Gasteiger partial charge in [0.1, 0.15) is 11.6 Å². The monoisotopic (exact) mass is 185 g/mol. The summed E-state index contributed by atoms with van der Waals surface area (Å²) in [5, 5.41) is 0.0359. The fourth-order valence-electron chi connectivity index (χ4n) is 0.877. The second-order valence-corrected chi connectivity index (χ2v) is 2.87. The van der Waals surface area contributed by atoms with Gasteiger partial charge in [0.15, 0.2) is 0 Å². The molecule has 0 saturated heterocycles. The Labute approximate surface area is 75.2 Å². The van der Waals surface area contributed by atoms with Gasteiger partial charge in [-0.1, -0.05) is 17.7 Å². The molecule has 0 heterocycles. The van der Waals surface area contributed by atoms with Gasteiger partial charge in [0.2, 0.25) is 0 Å². The van der Waals surface area contributed by atoms with Crippen molar-refractivity contribution in [2.24, 2.45) is 0 Å². The van der Waals surface area contributed by atoms with Crippen LogP contribution in [-0.4, -0.2) is 5.78 Å². The van der Waals surface area contributed by atoms with Crippen molar-refractivity contribution in [3.8, 4) is 0 Å². The predicted octanol–water partition coefficient (Wildman–Crippen LogP) is 2.42. The van der Waals surface area contributed by atoms with Gasteiger partial charge in [-0.2, -0.15) is 0 Å². The number of hydrogen-bond donors (Lipinski definition) is 0. The van der Waals surface area contributed by atoms with Gasteiger partial charge in [-0.3, -0.25) is 4.79 Å². The lowest BCUT2D eigenvalue weighted by Crippen LogP contribution is -1.96. The van der Waals surface area contributed by atoms with Crippen LogP contribution in [0.5, 0.6) is 0 Å². The summed E-state index contributed by atoms with van der Waals surface area (Å²) in [5.41, 5.74) is 0.682. The first-order chi connectivity index (χ1) is 5.59. The maximum absolute atomic E-state index is 12.6. The molecule has 0 bridgehead atoms. The molecule has 1 radical (unpaired) electrons. The molecule has 0 aliphatic heterocycles. The van der Waals surface area contributed by atoms with E-state index in [-0.39, 0.29) is 17.2 Å². The average molecular weight is 186 g/mol. The van der Waals surface area contributed by atoms with E-state index in [1.54, 1.807) is 0 Å². The standard InChI is InChI=1S/C9H7ClFO/c1-6(12)4-7-2-3-9(11)8(10)5-7/h2-3,5H,1,4H2. The van der Waals surface area contributed by atoms with Gasteiger partial charge in [-0.05, 0) is 17.7 Å². The highest BCUT2D eigenvalue weighted by Crippen LogP contribution is 2.16. The zero-order valence-electron chi connectivity index (χ0n) is 6.31. The lowest BCUT2D eigenvalue weighted by atomic mass is 10.1. The Morgan fingerprint density at radius 1 is 1.58 bits per heavy atom. The first kappa shape index (κ1) is 9.20. The van der Waals surface area contributed by atoms with Gasteiger partial charge in [-0.15, -0.1) is 0 Å². The van der Waals surface area contributed by atoms with Crippen LogP contribution in [0.15, 0.2) is 18.2 Å². The van der Waals surface area contributed by atoms with Crippen LogP contribution in [0.2, 0.25) is 5.02 Å². The molecule has 63 valence electrons. The van der Waals surface area contributed by atoms with Crippen molar-refractivity contribution in [1.29, 1.82) is 0 Å². The maximum atomic E-state index is 12.6. The Morgan fingerprint density at radius 3 is 2.75 bits per heavy atom. The molecule has 0 aromatic heterocycles. The molecule has 0 aliphatic carbocycles. The summed E-state index contributed by atoms with van der Waals surface area (Å²) < 4.78 is 12.6. The highest BCUT2D eigenvalue weighted by atomic mass is 35.5. The van der Waals surface area contributed by atoms with Gasteiger partial charge in [0.05, 0.1) is 5.02 Å². The van der Waals surface area contributed by atoms with E-state index < -0.39 is 5.82 Å². The summed E-state index contributed by atoms with van der Waals surface area (Å²) in [6.45, 7) is 3.21. The van der Waals surface area contributed by atoms with E-state index in [4.69, 9.17) is 11.6 Å². The minimum Gasteiger partial charge on any atom is -0.299 e. The van der Waals surface area contributed by atoms with Crippen LogP contribution >= 0.6 is 11.6 Å². The number of ketones is 1. The van der Waals surface area contributed by atoms with Crippen molar-refractivity contribution >= 4 is 17.4 Å². The molecule has 3 heteroatoms. The number of carbonyl (C=O) groups is 1. The van der Waals surface area contributed by atoms with Gasteiger partial charge < -0.3 is 0 Å². The van der Waals surface area contributed by atoms with Crippen LogP contribution in [0.25, 0.3) is 0 Å². The molecule has 0 N–H and O–H groups in total. The third-order valence-electron chi connectivity index (χ3n) is 1.39. The summed E-state index contributed by atoms with van der Waals surface area (Å²) in [6, 6.07) is 4.19. The number of rotatable bonds is 2. The molecule has 1 nitrogen and oxygen atoms in total. The fraction of sp³-hybridized carbons (Fsp3) is 0.111. The molecule has 12 heavy (non-hydrogen) atoms. The van der Waals surface area contributed by atoms with E-state index in [1.807, 2.05) is 0 Å². The second-order valence-electron chi connectivity index (χ2n) is 2.46. The van der Waals surface area contributed by atoms with Gasteiger partial charge in [-0.25, -0.2) is 4.39 Å². The fourth-order valence-corrected chi connectivity index (χ4v) is 1.08. The Morgan fingerprint density at radius 2 is 2.25 bits per heavy atom. The van der Waals surface area contributed by atoms with E-state index in [9.17, 15) is 9.18 Å². The predicted molar refractivity (Wildman–Crippen MR) is 45.5 cm³/mol. The number of Topliss-reactive ketones (excluding diaryl/α,β-unsaturated/α-hetero) is 1. The first-order valence-corrected chi connectivity index (χ1v) is 3.76. The number of benzene rings is 1. The Hall–Kier alpha value is -0.890. The summed E-state index contributed by atoms with van der Waals surface area (Å²) in [6.07, 6.45) is 0.194. The van der Waals surface area contributed by atoms with E-state index in [0.29, 0.717) is 5.56 Å². The largest absolute Gasteiger partial charge is 0.299 e. The molecule has 1 rings (SSSR count). The van der Waals surface area contributed by atoms with Crippen LogP contribution in [0.4, 0.5) is 4.39 Å². The molecule has 1 aromatic carbocycles. The van der Waals surface area contributed by atoms with E-state index in [1.165, 1.54) is 18.2 Å². The molecule has 1 aromatic rings. The van der Waals surface area contributed by atoms with Crippen molar-refractivity contribution in [3.05, 3.63) is 41.5 Å². The number of carbonyl (C=O) groups excluding carboxylic acids is 1. The summed E-state index contributed by atoms with van der Waals surface area (Å²) in [5.74, 6) is -0.686. The molecule has 0 saturated carbocycles. The van der Waals surface area contributed by atoms with E-state index in [2.05, 4.69) is 6.92 Å². The molecule has 0 unspecified atom stereocenters. The average Bonchev–Trinajstić information content (AvgIpc) is 1.96. The molecular formula is C9H7ClFO. The molecule has 0 amide bonds. The zero-order valence-corrected chi connectivity index (χ0v) is 7.07. The van der Waals surface area contributed by atoms with Crippen LogP contribution in [0, 0.1) is 12.7 Å². The van der Waals surface area contributed by atoms with Crippen molar-refractivity contribution < 1.29 is 9.18 Å². The second kappa shape index (κ2) is 3.68. The molecule has 0 aliphatic rings. The third-order valence-corrected chi connectivity index (χ3v) is 1.67. The lowest BCUT2D eigenvalue weighted by Gasteiger charge is -1.98. The molecule has 0 fully saturated rings. The van der Waals surface area contributed by atoms with Crippen LogP contribution in [-0.2, 0) is 11.2 Å². The lowest BCUT2D eigenvalue weighted by molar-refractivity contribution is -0.114. The van der Waals surface area contributed by atoms with E-state index >= 15 is 0 Å². The summed E-state index contributed by atoms with van der Waals surface area (Å²) in [7, 11) is 0. The van der Waals surface area contributed by atoms with Crippen molar-refractivity contribution in [2.75, 3.05) is 0 Å². The third kappa shape index (κ3) is 2.31. The normalized spacial score (nSPS) is 9.92. The Kier molecular flexibility index (Phi) is 2.82. The summed E-state index contributed by atoms with van der Waals surface area (Å²) in [4.78, 5) is 10.6. The highest BCUT2D eigenvalue weighted by Gasteiger charge is 2.02. The minimum atomic E-state index is -0.475. The quantitative estimate of drug-likeness (QED) is 0.692. The molecular weight excluding hydrogens is 179 g/mol. The van der Waals surface area contributed by atoms with Crippen LogP contribution in [0.3, 0.4) is 0 Å². The van der Waals surface area contributed by atoms with Crippen LogP contribution < -0.4 is 0 Å². The van der Waals surface area contributed by atoms with Crippen molar-refractivity contribution in [3.63, 3.8) is 0 Å². The Bertz CT molecular complexity index is 309. The maximum Gasteiger partial charge on any atom is 0.141 e. The topological polar surface area (TPSA) is 17.1 Å². The van der Waals surface area contributed by atoms with Crippen molar-refractivity contribution in [2.45, 2.75) is 6.42 Å². The highest BCUT2D eigenvalue weighted by molar-refractivity contribution is 6.30. The van der Waals surface area contributed by atoms with Crippen molar-refractivity contribution in [1.82, 2.24) is 0 Å². The number of halogens is 2. The van der Waals surface area contributed by atoms with E-state index in [0.717, 1.165) is 0 Å². The van der Waals surface area contributed by atoms with Gasteiger partial charge >= 0.3 is 0 Å². The minimum absolute atomic E-state index is 0.0359. The SMILES string of the molecule is [CH2]C(=O)Cc1ccc(F)c(Cl)c1. The molecule has 0 spiro atoms. The van der Waals surface area contributed by atoms with Crippen LogP contribution in [0.1, 0.15) is 5.56 Å². The molecule has 0 atom stereocenters.